The Morgan fingerprint density at radius 1 is 1.15 bits per heavy atom. The molecule has 2 heterocycles. The van der Waals surface area contributed by atoms with Crippen LogP contribution >= 0.6 is 11.3 Å². The van der Waals surface area contributed by atoms with E-state index in [0.717, 1.165) is 41.5 Å². The Kier molecular flexibility index (Phi) is 9.02. The molecular weight excluding hydrogens is 432 g/mol. The summed E-state index contributed by atoms with van der Waals surface area (Å²) in [6, 6.07) is 2.02. The van der Waals surface area contributed by atoms with Gasteiger partial charge in [-0.1, -0.05) is 51.9 Å². The minimum absolute atomic E-state index is 0.0482. The first-order chi connectivity index (χ1) is 15.5. The van der Waals surface area contributed by atoms with E-state index in [1.165, 1.54) is 4.90 Å². The van der Waals surface area contributed by atoms with Crippen molar-refractivity contribution in [2.75, 3.05) is 18.0 Å². The molecule has 33 heavy (non-hydrogen) atoms. The number of unbranched alkanes of at least 4 members (excludes halogenated alkanes) is 2. The fraction of sp³-hybridized carbons (Fsp3) is 0.615. The lowest BCUT2D eigenvalue weighted by Crippen LogP contribution is -2.43. The number of nitrogens with zero attached hydrogens (tertiary/aromatic N) is 4. The highest BCUT2D eigenvalue weighted by molar-refractivity contribution is 7.16. The van der Waals surface area contributed by atoms with Crippen LogP contribution in [0.4, 0.5) is 5.13 Å². The molecule has 6 nitrogen and oxygen atoms in total. The summed E-state index contributed by atoms with van der Waals surface area (Å²) < 4.78 is 0. The third-order valence-corrected chi connectivity index (χ3v) is 6.87. The molecule has 0 fully saturated rings. The quantitative estimate of drug-likeness (QED) is 0.324. The Bertz CT molecular complexity index is 989. The van der Waals surface area contributed by atoms with Gasteiger partial charge in [0.2, 0.25) is 0 Å². The molecule has 1 aromatic heterocycles. The number of imide groups is 1. The van der Waals surface area contributed by atoms with Crippen molar-refractivity contribution >= 4 is 34.4 Å². The van der Waals surface area contributed by atoms with Crippen LogP contribution in [-0.2, 0) is 9.59 Å². The van der Waals surface area contributed by atoms with Gasteiger partial charge in [-0.3, -0.25) is 14.5 Å². The summed E-state index contributed by atoms with van der Waals surface area (Å²) >= 11 is 1.58. The molecule has 0 saturated heterocycles. The van der Waals surface area contributed by atoms with E-state index in [1.807, 2.05) is 19.1 Å². The SMILES string of the molecule is CCCCN1C(=O)C(C#N)=C(C)/C(=C\c2sc(N(CCCC)C(C)(C)C)nc2C(C)C)C1=O. The maximum Gasteiger partial charge on any atom is 0.271 e. The highest BCUT2D eigenvalue weighted by Crippen LogP contribution is 2.37. The second kappa shape index (κ2) is 11.1. The lowest BCUT2D eigenvalue weighted by atomic mass is 9.94. The van der Waals surface area contributed by atoms with Crippen molar-refractivity contribution in [3.63, 3.8) is 0 Å². The second-order valence-electron chi connectivity index (χ2n) is 9.86. The van der Waals surface area contributed by atoms with E-state index in [4.69, 9.17) is 4.98 Å². The number of aromatic nitrogens is 1. The van der Waals surface area contributed by atoms with Gasteiger partial charge in [-0.15, -0.1) is 0 Å². The van der Waals surface area contributed by atoms with Crippen LogP contribution in [0.5, 0.6) is 0 Å². The number of carbonyl (C=O) groups excluding carboxylic acids is 2. The zero-order chi connectivity index (χ0) is 24.9. The van der Waals surface area contributed by atoms with Crippen molar-refractivity contribution in [2.45, 2.75) is 92.5 Å². The zero-order valence-electron chi connectivity index (χ0n) is 21.4. The average molecular weight is 471 g/mol. The smallest absolute Gasteiger partial charge is 0.271 e. The van der Waals surface area contributed by atoms with Crippen molar-refractivity contribution in [1.82, 2.24) is 9.88 Å². The molecule has 0 N–H and O–H groups in total. The normalized spacial score (nSPS) is 16.2. The number of carbonyl (C=O) groups is 2. The van der Waals surface area contributed by atoms with Gasteiger partial charge in [0.05, 0.1) is 10.6 Å². The summed E-state index contributed by atoms with van der Waals surface area (Å²) in [5.74, 6) is -0.641. The van der Waals surface area contributed by atoms with Crippen LogP contribution in [-0.4, -0.2) is 40.3 Å². The predicted octanol–water partition coefficient (Wildman–Crippen LogP) is 6.06. The molecule has 2 rings (SSSR count). The molecule has 0 bridgehead atoms. The van der Waals surface area contributed by atoms with Crippen molar-refractivity contribution in [3.8, 4) is 6.07 Å². The largest absolute Gasteiger partial charge is 0.343 e. The van der Waals surface area contributed by atoms with Crippen molar-refractivity contribution < 1.29 is 9.59 Å². The van der Waals surface area contributed by atoms with Crippen LogP contribution < -0.4 is 4.90 Å². The third kappa shape index (κ3) is 5.92. The van der Waals surface area contributed by atoms with Crippen LogP contribution in [0.1, 0.15) is 97.6 Å². The van der Waals surface area contributed by atoms with Crippen LogP contribution in [0.15, 0.2) is 16.7 Å². The first-order valence-electron chi connectivity index (χ1n) is 11.9. The summed E-state index contributed by atoms with van der Waals surface area (Å²) in [5, 5.41) is 10.6. The van der Waals surface area contributed by atoms with Crippen LogP contribution in [0.2, 0.25) is 0 Å². The highest BCUT2D eigenvalue weighted by atomic mass is 32.1. The summed E-state index contributed by atoms with van der Waals surface area (Å²) in [7, 11) is 0. The van der Waals surface area contributed by atoms with E-state index in [9.17, 15) is 14.9 Å². The second-order valence-corrected chi connectivity index (χ2v) is 10.9. The lowest BCUT2D eigenvalue weighted by molar-refractivity contribution is -0.140. The van der Waals surface area contributed by atoms with Gasteiger partial charge in [-0.05, 0) is 58.1 Å². The van der Waals surface area contributed by atoms with Crippen molar-refractivity contribution in [1.29, 1.82) is 5.26 Å². The summed E-state index contributed by atoms with van der Waals surface area (Å²) in [5.41, 5.74) is 1.76. The molecule has 2 amide bonds. The molecule has 0 radical (unpaired) electrons. The van der Waals surface area contributed by atoms with Gasteiger partial charge in [0, 0.05) is 24.2 Å². The number of nitriles is 1. The number of hydrogen-bond acceptors (Lipinski definition) is 6. The zero-order valence-corrected chi connectivity index (χ0v) is 22.2. The minimum atomic E-state index is -0.488. The monoisotopic (exact) mass is 470 g/mol. The molecule has 0 saturated carbocycles. The van der Waals surface area contributed by atoms with E-state index < -0.39 is 5.91 Å². The molecule has 0 unspecified atom stereocenters. The minimum Gasteiger partial charge on any atom is -0.343 e. The number of rotatable bonds is 9. The first kappa shape index (κ1) is 26.8. The molecule has 0 atom stereocenters. The maximum absolute atomic E-state index is 13.3. The molecule has 1 aliphatic heterocycles. The lowest BCUT2D eigenvalue weighted by Gasteiger charge is -2.35. The molecule has 7 heteroatoms. The van der Waals surface area contributed by atoms with Gasteiger partial charge >= 0.3 is 0 Å². The summed E-state index contributed by atoms with van der Waals surface area (Å²) in [6.07, 6.45) is 5.59. The van der Waals surface area contributed by atoms with Crippen molar-refractivity contribution in [3.05, 3.63) is 27.3 Å². The number of amides is 2. The maximum atomic E-state index is 13.3. The Hall–Kier alpha value is -2.46. The summed E-state index contributed by atoms with van der Waals surface area (Å²) in [6.45, 7) is 17.9. The number of anilines is 1. The highest BCUT2D eigenvalue weighted by Gasteiger charge is 2.35. The predicted molar refractivity (Wildman–Crippen MR) is 136 cm³/mol. The Morgan fingerprint density at radius 3 is 2.30 bits per heavy atom. The standard InChI is InChI=1S/C26H38N4O2S/c1-9-11-13-29-23(31)19(18(5)20(16-27)24(29)32)15-21-22(17(3)4)28-25(33-21)30(14-12-10-2)26(6,7)8/h15,17H,9-14H2,1-8H3/b19-15+. The van der Waals surface area contributed by atoms with Gasteiger partial charge in [-0.2, -0.15) is 5.26 Å². The van der Waals surface area contributed by atoms with E-state index in [2.05, 4.69) is 46.4 Å². The number of thiazole rings is 1. The first-order valence-corrected chi connectivity index (χ1v) is 12.8. The Balaban J connectivity index is 2.64. The van der Waals surface area contributed by atoms with E-state index in [1.54, 1.807) is 18.3 Å². The topological polar surface area (TPSA) is 77.3 Å². The fourth-order valence-corrected chi connectivity index (χ4v) is 5.16. The third-order valence-electron chi connectivity index (χ3n) is 5.83. The van der Waals surface area contributed by atoms with Gasteiger partial charge in [0.1, 0.15) is 11.6 Å². The van der Waals surface area contributed by atoms with Crippen LogP contribution in [0.25, 0.3) is 6.08 Å². The van der Waals surface area contributed by atoms with Gasteiger partial charge in [0.25, 0.3) is 11.8 Å². The average Bonchev–Trinajstić information content (AvgIpc) is 3.14. The van der Waals surface area contributed by atoms with Crippen LogP contribution in [0, 0.1) is 11.3 Å². The molecule has 1 aliphatic rings. The van der Waals surface area contributed by atoms with E-state index >= 15 is 0 Å². The molecular formula is C26H38N4O2S. The Labute approximate surface area is 203 Å². The fourth-order valence-electron chi connectivity index (χ4n) is 3.78. The number of hydrogen-bond donors (Lipinski definition) is 0. The molecule has 180 valence electrons. The van der Waals surface area contributed by atoms with E-state index in [0.29, 0.717) is 24.1 Å². The molecule has 0 aromatic carbocycles. The van der Waals surface area contributed by atoms with E-state index in [-0.39, 0.29) is 22.9 Å². The summed E-state index contributed by atoms with van der Waals surface area (Å²) in [4.78, 5) is 35.5. The molecule has 1 aromatic rings. The molecule has 0 aliphatic carbocycles. The van der Waals surface area contributed by atoms with Crippen molar-refractivity contribution in [2.24, 2.45) is 0 Å². The Morgan fingerprint density at radius 2 is 1.79 bits per heavy atom. The van der Waals surface area contributed by atoms with Crippen LogP contribution in [0.3, 0.4) is 0 Å². The van der Waals surface area contributed by atoms with Gasteiger partial charge in [0.15, 0.2) is 5.13 Å². The van der Waals surface area contributed by atoms with Gasteiger partial charge in [-0.25, -0.2) is 4.98 Å². The van der Waals surface area contributed by atoms with Gasteiger partial charge < -0.3 is 4.90 Å². The molecule has 0 spiro atoms.